The number of anilines is 1. The molecular formula is C22H22N2O4. The Bertz CT molecular complexity index is 878. The second kappa shape index (κ2) is 10.0. The van der Waals surface area contributed by atoms with E-state index in [0.29, 0.717) is 23.2 Å². The van der Waals surface area contributed by atoms with Gasteiger partial charge < -0.3 is 10.1 Å². The van der Waals surface area contributed by atoms with Crippen LogP contribution < -0.4 is 5.32 Å². The fourth-order valence-electron chi connectivity index (χ4n) is 2.32. The maximum Gasteiger partial charge on any atom is 0.306 e. The van der Waals surface area contributed by atoms with E-state index < -0.39 is 5.97 Å². The summed E-state index contributed by atoms with van der Waals surface area (Å²) in [5.41, 5.74) is 2.49. The summed E-state index contributed by atoms with van der Waals surface area (Å²) in [6, 6.07) is 15.4. The second-order valence-electron chi connectivity index (χ2n) is 6.61. The van der Waals surface area contributed by atoms with Crippen molar-refractivity contribution in [2.75, 3.05) is 11.9 Å². The van der Waals surface area contributed by atoms with E-state index in [1.54, 1.807) is 62.4 Å². The number of carbonyl (C=O) groups is 3. The fraction of sp³-hybridized carbons (Fsp3) is 0.273. The van der Waals surface area contributed by atoms with Gasteiger partial charge in [0.2, 0.25) is 5.91 Å². The summed E-state index contributed by atoms with van der Waals surface area (Å²) in [5, 5.41) is 11.5. The molecule has 0 heterocycles. The lowest BCUT2D eigenvalue weighted by molar-refractivity contribution is -0.142. The number of ether oxygens (including phenoxy) is 1. The molecule has 0 saturated heterocycles. The number of Topliss-reactive ketones (excluding diaryl/α,β-unsaturated/α-hetero) is 1. The minimum atomic E-state index is -0.460. The molecule has 0 atom stereocenters. The Kier molecular flexibility index (Phi) is 7.46. The van der Waals surface area contributed by atoms with E-state index in [9.17, 15) is 14.4 Å². The van der Waals surface area contributed by atoms with Gasteiger partial charge in [0, 0.05) is 23.6 Å². The number of hydrogen-bond donors (Lipinski definition) is 1. The van der Waals surface area contributed by atoms with Gasteiger partial charge in [-0.2, -0.15) is 5.26 Å². The number of nitriles is 1. The summed E-state index contributed by atoms with van der Waals surface area (Å²) in [5.74, 6) is -1.01. The van der Waals surface area contributed by atoms with Crippen molar-refractivity contribution in [2.45, 2.75) is 26.7 Å². The standard InChI is InChI=1S/C22H22N2O4/c1-15(2)22(27)24-19-10-8-18(9-11-19)20(25)14-28-21(26)12-7-16-3-5-17(13-23)6-4-16/h3-6,8-11,15H,7,12,14H2,1-2H3,(H,24,27). The highest BCUT2D eigenvalue weighted by atomic mass is 16.5. The number of amides is 1. The smallest absolute Gasteiger partial charge is 0.306 e. The van der Waals surface area contributed by atoms with Crippen LogP contribution in [0.25, 0.3) is 0 Å². The normalized spacial score (nSPS) is 10.2. The molecule has 0 unspecified atom stereocenters. The van der Waals surface area contributed by atoms with Crippen LogP contribution in [0.2, 0.25) is 0 Å². The molecule has 144 valence electrons. The van der Waals surface area contributed by atoms with Crippen LogP contribution in [0.5, 0.6) is 0 Å². The molecule has 0 radical (unpaired) electrons. The predicted molar refractivity (Wildman–Crippen MR) is 105 cm³/mol. The van der Waals surface area contributed by atoms with Crippen LogP contribution in [-0.4, -0.2) is 24.3 Å². The predicted octanol–water partition coefficient (Wildman–Crippen LogP) is 3.51. The first-order chi connectivity index (χ1) is 13.4. The van der Waals surface area contributed by atoms with Crippen LogP contribution in [0.4, 0.5) is 5.69 Å². The fourth-order valence-corrected chi connectivity index (χ4v) is 2.32. The summed E-state index contributed by atoms with van der Waals surface area (Å²) in [7, 11) is 0. The number of esters is 1. The van der Waals surface area contributed by atoms with Gasteiger partial charge in [0.05, 0.1) is 11.6 Å². The second-order valence-corrected chi connectivity index (χ2v) is 6.61. The number of benzene rings is 2. The van der Waals surface area contributed by atoms with Crippen LogP contribution in [0.15, 0.2) is 48.5 Å². The number of nitrogens with one attached hydrogen (secondary N) is 1. The van der Waals surface area contributed by atoms with E-state index in [0.717, 1.165) is 5.56 Å². The van der Waals surface area contributed by atoms with Crippen LogP contribution >= 0.6 is 0 Å². The van der Waals surface area contributed by atoms with Crippen molar-refractivity contribution < 1.29 is 19.1 Å². The van der Waals surface area contributed by atoms with E-state index >= 15 is 0 Å². The summed E-state index contributed by atoms with van der Waals surface area (Å²) in [6.07, 6.45) is 0.627. The Morgan fingerprint density at radius 2 is 1.68 bits per heavy atom. The van der Waals surface area contributed by atoms with Crippen molar-refractivity contribution in [1.29, 1.82) is 5.26 Å². The van der Waals surface area contributed by atoms with Gasteiger partial charge in [-0.1, -0.05) is 26.0 Å². The molecule has 0 spiro atoms. The van der Waals surface area contributed by atoms with Gasteiger partial charge in [-0.05, 0) is 48.4 Å². The molecule has 28 heavy (non-hydrogen) atoms. The highest BCUT2D eigenvalue weighted by Gasteiger charge is 2.11. The molecule has 1 amide bonds. The summed E-state index contributed by atoms with van der Waals surface area (Å²) >= 11 is 0. The van der Waals surface area contributed by atoms with Crippen molar-refractivity contribution in [3.05, 3.63) is 65.2 Å². The maximum absolute atomic E-state index is 12.1. The van der Waals surface area contributed by atoms with Crippen LogP contribution in [-0.2, 0) is 20.7 Å². The summed E-state index contributed by atoms with van der Waals surface area (Å²) in [6.45, 7) is 3.26. The van der Waals surface area contributed by atoms with Crippen molar-refractivity contribution in [3.63, 3.8) is 0 Å². The topological polar surface area (TPSA) is 96.3 Å². The molecule has 2 aromatic carbocycles. The Labute approximate surface area is 164 Å². The zero-order valence-corrected chi connectivity index (χ0v) is 15.9. The van der Waals surface area contributed by atoms with E-state index in [-0.39, 0.29) is 30.6 Å². The van der Waals surface area contributed by atoms with E-state index in [2.05, 4.69) is 5.32 Å². The molecule has 1 N–H and O–H groups in total. The van der Waals surface area contributed by atoms with Gasteiger partial charge in [-0.15, -0.1) is 0 Å². The van der Waals surface area contributed by atoms with E-state index in [4.69, 9.17) is 10.00 Å². The first-order valence-electron chi connectivity index (χ1n) is 8.98. The SMILES string of the molecule is CC(C)C(=O)Nc1ccc(C(=O)COC(=O)CCc2ccc(C#N)cc2)cc1. The lowest BCUT2D eigenvalue weighted by Crippen LogP contribution is -2.18. The van der Waals surface area contributed by atoms with Crippen LogP contribution in [0, 0.1) is 17.2 Å². The first-order valence-corrected chi connectivity index (χ1v) is 8.98. The third-order valence-corrected chi connectivity index (χ3v) is 4.06. The highest BCUT2D eigenvalue weighted by molar-refractivity contribution is 5.99. The number of ketones is 1. The molecule has 0 fully saturated rings. The number of rotatable bonds is 8. The lowest BCUT2D eigenvalue weighted by Gasteiger charge is -2.08. The van der Waals surface area contributed by atoms with Gasteiger partial charge in [-0.3, -0.25) is 14.4 Å². The average molecular weight is 378 g/mol. The van der Waals surface area contributed by atoms with Crippen molar-refractivity contribution >= 4 is 23.3 Å². The van der Waals surface area contributed by atoms with Crippen LogP contribution in [0.3, 0.4) is 0 Å². The number of hydrogen-bond acceptors (Lipinski definition) is 5. The van der Waals surface area contributed by atoms with E-state index in [1.165, 1.54) is 0 Å². The monoisotopic (exact) mass is 378 g/mol. The summed E-state index contributed by atoms with van der Waals surface area (Å²) < 4.78 is 5.04. The lowest BCUT2D eigenvalue weighted by atomic mass is 10.1. The first kappa shape index (κ1) is 20.8. The minimum absolute atomic E-state index is 0.102. The van der Waals surface area contributed by atoms with Crippen LogP contribution in [0.1, 0.15) is 41.8 Å². The molecule has 2 rings (SSSR count). The molecule has 0 saturated carbocycles. The molecule has 0 bridgehead atoms. The number of aryl methyl sites for hydroxylation is 1. The molecular weight excluding hydrogens is 356 g/mol. The molecule has 0 aliphatic rings. The Balaban J connectivity index is 1.78. The Morgan fingerprint density at radius 1 is 1.04 bits per heavy atom. The quantitative estimate of drug-likeness (QED) is 0.560. The number of carbonyl (C=O) groups excluding carboxylic acids is 3. The summed E-state index contributed by atoms with van der Waals surface area (Å²) in [4.78, 5) is 35.6. The van der Waals surface area contributed by atoms with Gasteiger partial charge in [-0.25, -0.2) is 0 Å². The molecule has 0 aliphatic heterocycles. The molecule has 6 heteroatoms. The zero-order chi connectivity index (χ0) is 20.5. The molecule has 0 aromatic heterocycles. The highest BCUT2D eigenvalue weighted by Crippen LogP contribution is 2.12. The number of nitrogens with zero attached hydrogens (tertiary/aromatic N) is 1. The Hall–Kier alpha value is -3.46. The third-order valence-electron chi connectivity index (χ3n) is 4.06. The molecule has 0 aliphatic carbocycles. The van der Waals surface area contributed by atoms with Crippen molar-refractivity contribution in [2.24, 2.45) is 5.92 Å². The average Bonchev–Trinajstić information content (AvgIpc) is 2.71. The van der Waals surface area contributed by atoms with Crippen molar-refractivity contribution in [1.82, 2.24) is 0 Å². The van der Waals surface area contributed by atoms with Gasteiger partial charge in [0.25, 0.3) is 0 Å². The van der Waals surface area contributed by atoms with Gasteiger partial charge in [0.15, 0.2) is 12.4 Å². The largest absolute Gasteiger partial charge is 0.457 e. The Morgan fingerprint density at radius 3 is 2.25 bits per heavy atom. The maximum atomic E-state index is 12.1. The zero-order valence-electron chi connectivity index (χ0n) is 15.9. The van der Waals surface area contributed by atoms with Gasteiger partial charge >= 0.3 is 5.97 Å². The molecule has 2 aromatic rings. The van der Waals surface area contributed by atoms with E-state index in [1.807, 2.05) is 6.07 Å². The van der Waals surface area contributed by atoms with Crippen molar-refractivity contribution in [3.8, 4) is 6.07 Å². The van der Waals surface area contributed by atoms with Gasteiger partial charge in [0.1, 0.15) is 0 Å². The minimum Gasteiger partial charge on any atom is -0.457 e. The molecule has 6 nitrogen and oxygen atoms in total. The third kappa shape index (κ3) is 6.36.